The molecule has 19 heavy (non-hydrogen) atoms. The molecule has 0 saturated heterocycles. The van der Waals surface area contributed by atoms with Crippen molar-refractivity contribution in [3.8, 4) is 0 Å². The summed E-state index contributed by atoms with van der Waals surface area (Å²) in [6.07, 6.45) is 7.11. The van der Waals surface area contributed by atoms with Gasteiger partial charge in [-0.05, 0) is 37.2 Å². The van der Waals surface area contributed by atoms with E-state index in [1.807, 2.05) is 0 Å². The molecule has 1 aromatic carbocycles. The van der Waals surface area contributed by atoms with Crippen LogP contribution < -0.4 is 5.32 Å². The standard InChI is InChI=1S/C18H29N/c1-14(2)18(17-12-8-5-9-13-17)19-15(3)16-10-6-4-7-11-16/h5,8-9,12-16,18-19H,4,6-7,10-11H2,1-3H3. The number of hydrogen-bond donors (Lipinski definition) is 1. The Kier molecular flexibility index (Phi) is 5.45. The Morgan fingerprint density at radius 2 is 1.58 bits per heavy atom. The first-order valence-electron chi connectivity index (χ1n) is 7.99. The Balaban J connectivity index is 2.00. The van der Waals surface area contributed by atoms with Crippen LogP contribution >= 0.6 is 0 Å². The Morgan fingerprint density at radius 1 is 0.947 bits per heavy atom. The van der Waals surface area contributed by atoms with Crippen LogP contribution in [-0.2, 0) is 0 Å². The molecular formula is C18H29N. The molecule has 1 aliphatic rings. The zero-order chi connectivity index (χ0) is 13.7. The fourth-order valence-corrected chi connectivity index (χ4v) is 3.39. The van der Waals surface area contributed by atoms with Crippen molar-refractivity contribution in [1.82, 2.24) is 5.32 Å². The molecule has 2 rings (SSSR count). The first-order chi connectivity index (χ1) is 9.18. The Morgan fingerprint density at radius 3 is 2.16 bits per heavy atom. The van der Waals surface area contributed by atoms with Crippen LogP contribution in [0.1, 0.15) is 64.5 Å². The van der Waals surface area contributed by atoms with Gasteiger partial charge in [0.15, 0.2) is 0 Å². The lowest BCUT2D eigenvalue weighted by atomic mass is 9.83. The van der Waals surface area contributed by atoms with Gasteiger partial charge in [0.2, 0.25) is 0 Å². The van der Waals surface area contributed by atoms with E-state index in [1.165, 1.54) is 37.7 Å². The maximum absolute atomic E-state index is 3.90. The third-order valence-corrected chi connectivity index (χ3v) is 4.62. The van der Waals surface area contributed by atoms with Crippen LogP contribution in [0.5, 0.6) is 0 Å². The Bertz CT molecular complexity index is 351. The second-order valence-corrected chi connectivity index (χ2v) is 6.49. The molecule has 0 bridgehead atoms. The molecule has 2 unspecified atom stereocenters. The predicted molar refractivity (Wildman–Crippen MR) is 83.2 cm³/mol. The van der Waals surface area contributed by atoms with Crippen molar-refractivity contribution < 1.29 is 0 Å². The summed E-state index contributed by atoms with van der Waals surface area (Å²) < 4.78 is 0. The van der Waals surface area contributed by atoms with Gasteiger partial charge in [0.25, 0.3) is 0 Å². The van der Waals surface area contributed by atoms with Gasteiger partial charge in [-0.1, -0.05) is 63.4 Å². The molecule has 1 fully saturated rings. The molecule has 1 heteroatoms. The second kappa shape index (κ2) is 7.09. The third-order valence-electron chi connectivity index (χ3n) is 4.62. The zero-order valence-corrected chi connectivity index (χ0v) is 12.7. The minimum atomic E-state index is 0.484. The maximum Gasteiger partial charge on any atom is 0.0345 e. The van der Waals surface area contributed by atoms with Gasteiger partial charge in [0, 0.05) is 12.1 Å². The molecule has 0 amide bonds. The fraction of sp³-hybridized carbons (Fsp3) is 0.667. The van der Waals surface area contributed by atoms with Crippen molar-refractivity contribution >= 4 is 0 Å². The average Bonchev–Trinajstić information content (AvgIpc) is 2.46. The third kappa shape index (κ3) is 4.07. The van der Waals surface area contributed by atoms with E-state index in [9.17, 15) is 0 Å². The van der Waals surface area contributed by atoms with Crippen molar-refractivity contribution in [3.63, 3.8) is 0 Å². The van der Waals surface area contributed by atoms with Crippen molar-refractivity contribution in [2.24, 2.45) is 11.8 Å². The highest BCUT2D eigenvalue weighted by Gasteiger charge is 2.24. The van der Waals surface area contributed by atoms with Crippen LogP contribution in [0.4, 0.5) is 0 Å². The number of benzene rings is 1. The van der Waals surface area contributed by atoms with E-state index in [-0.39, 0.29) is 0 Å². The van der Waals surface area contributed by atoms with Gasteiger partial charge in [0.1, 0.15) is 0 Å². The van der Waals surface area contributed by atoms with Gasteiger partial charge in [-0.2, -0.15) is 0 Å². The molecule has 1 N–H and O–H groups in total. The zero-order valence-electron chi connectivity index (χ0n) is 12.7. The van der Waals surface area contributed by atoms with Gasteiger partial charge >= 0.3 is 0 Å². The van der Waals surface area contributed by atoms with E-state index in [4.69, 9.17) is 0 Å². The van der Waals surface area contributed by atoms with Crippen molar-refractivity contribution in [3.05, 3.63) is 35.9 Å². The normalized spacial score (nSPS) is 20.4. The molecule has 0 spiro atoms. The Hall–Kier alpha value is -0.820. The summed E-state index contributed by atoms with van der Waals surface area (Å²) in [5, 5.41) is 3.90. The quantitative estimate of drug-likeness (QED) is 0.789. The number of nitrogens with one attached hydrogen (secondary N) is 1. The van der Waals surface area contributed by atoms with Crippen molar-refractivity contribution in [1.29, 1.82) is 0 Å². The fourth-order valence-electron chi connectivity index (χ4n) is 3.39. The van der Waals surface area contributed by atoms with E-state index < -0.39 is 0 Å². The lowest BCUT2D eigenvalue weighted by molar-refractivity contribution is 0.246. The minimum Gasteiger partial charge on any atom is -0.307 e. The second-order valence-electron chi connectivity index (χ2n) is 6.49. The summed E-state index contributed by atoms with van der Waals surface area (Å²) in [5.74, 6) is 1.51. The van der Waals surface area contributed by atoms with Gasteiger partial charge in [-0.25, -0.2) is 0 Å². The van der Waals surface area contributed by atoms with Crippen LogP contribution in [0, 0.1) is 11.8 Å². The van der Waals surface area contributed by atoms with E-state index in [1.54, 1.807) is 0 Å². The first kappa shape index (κ1) is 14.6. The van der Waals surface area contributed by atoms with E-state index in [0.29, 0.717) is 18.0 Å². The summed E-state index contributed by atoms with van der Waals surface area (Å²) in [6.45, 7) is 7.02. The largest absolute Gasteiger partial charge is 0.307 e. The van der Waals surface area contributed by atoms with Gasteiger partial charge < -0.3 is 5.32 Å². The predicted octanol–water partition coefficient (Wildman–Crippen LogP) is 4.94. The van der Waals surface area contributed by atoms with E-state index in [2.05, 4.69) is 56.4 Å². The topological polar surface area (TPSA) is 12.0 Å². The molecule has 0 heterocycles. The van der Waals surface area contributed by atoms with Crippen molar-refractivity contribution in [2.45, 2.75) is 65.0 Å². The lowest BCUT2D eigenvalue weighted by Gasteiger charge is -2.33. The molecule has 106 valence electrons. The van der Waals surface area contributed by atoms with Crippen LogP contribution in [0.3, 0.4) is 0 Å². The van der Waals surface area contributed by atoms with Gasteiger partial charge in [0.05, 0.1) is 0 Å². The van der Waals surface area contributed by atoms with Gasteiger partial charge in [-0.3, -0.25) is 0 Å². The average molecular weight is 259 g/mol. The molecular weight excluding hydrogens is 230 g/mol. The van der Waals surface area contributed by atoms with Gasteiger partial charge in [-0.15, -0.1) is 0 Å². The summed E-state index contributed by atoms with van der Waals surface area (Å²) in [6, 6.07) is 12.0. The van der Waals surface area contributed by atoms with E-state index in [0.717, 1.165) is 5.92 Å². The van der Waals surface area contributed by atoms with Crippen LogP contribution in [0.15, 0.2) is 30.3 Å². The maximum atomic E-state index is 3.90. The molecule has 1 nitrogen and oxygen atoms in total. The summed E-state index contributed by atoms with van der Waals surface area (Å²) in [4.78, 5) is 0. The van der Waals surface area contributed by atoms with Crippen LogP contribution in [0.25, 0.3) is 0 Å². The monoisotopic (exact) mass is 259 g/mol. The van der Waals surface area contributed by atoms with Crippen LogP contribution in [0.2, 0.25) is 0 Å². The SMILES string of the molecule is CC(C)C(NC(C)C1CCCCC1)c1ccccc1. The number of rotatable bonds is 5. The molecule has 0 radical (unpaired) electrons. The minimum absolute atomic E-state index is 0.484. The molecule has 1 saturated carbocycles. The lowest BCUT2D eigenvalue weighted by Crippen LogP contribution is -2.39. The van der Waals surface area contributed by atoms with E-state index >= 15 is 0 Å². The van der Waals surface area contributed by atoms with Crippen molar-refractivity contribution in [2.75, 3.05) is 0 Å². The molecule has 1 aliphatic carbocycles. The summed E-state index contributed by atoms with van der Waals surface area (Å²) >= 11 is 0. The molecule has 0 aliphatic heterocycles. The highest BCUT2D eigenvalue weighted by molar-refractivity contribution is 5.19. The Labute approximate surface area is 118 Å². The molecule has 0 aromatic heterocycles. The summed E-state index contributed by atoms with van der Waals surface area (Å²) in [5.41, 5.74) is 1.43. The molecule has 2 atom stereocenters. The smallest absolute Gasteiger partial charge is 0.0345 e. The van der Waals surface area contributed by atoms with Crippen LogP contribution in [-0.4, -0.2) is 6.04 Å². The highest BCUT2D eigenvalue weighted by atomic mass is 15.0. The summed E-state index contributed by atoms with van der Waals surface area (Å²) in [7, 11) is 0. The number of hydrogen-bond acceptors (Lipinski definition) is 1. The highest BCUT2D eigenvalue weighted by Crippen LogP contribution is 2.29. The first-order valence-corrected chi connectivity index (χ1v) is 7.99. The molecule has 1 aromatic rings.